The molecule has 0 spiro atoms. The number of likely N-dealkylation sites (tertiary alicyclic amines) is 1. The van der Waals surface area contributed by atoms with Gasteiger partial charge in [0, 0.05) is 10.8 Å². The van der Waals surface area contributed by atoms with Gasteiger partial charge in [0.25, 0.3) is 0 Å². The Hall–Kier alpha value is -1.97. The Bertz CT molecular complexity index is 893. The number of hydrogen-bond acceptors (Lipinski definition) is 7. The van der Waals surface area contributed by atoms with Crippen molar-refractivity contribution in [1.29, 1.82) is 0 Å². The summed E-state index contributed by atoms with van der Waals surface area (Å²) < 4.78 is 1.51. The monoisotopic (exact) mass is 377 g/mol. The van der Waals surface area contributed by atoms with Crippen LogP contribution in [0.2, 0.25) is 0 Å². The van der Waals surface area contributed by atoms with E-state index < -0.39 is 0 Å². The maximum atomic E-state index is 11.4. The second-order valence-electron chi connectivity index (χ2n) is 6.27. The summed E-state index contributed by atoms with van der Waals surface area (Å²) in [7, 11) is 0. The molecule has 1 amide bonds. The molecule has 1 aliphatic rings. The van der Waals surface area contributed by atoms with E-state index in [1.54, 1.807) is 11.3 Å². The molecule has 7 nitrogen and oxygen atoms in total. The highest BCUT2D eigenvalue weighted by molar-refractivity contribution is 7.17. The zero-order valence-electron chi connectivity index (χ0n) is 13.8. The van der Waals surface area contributed by atoms with E-state index >= 15 is 0 Å². The molecule has 132 valence electrons. The van der Waals surface area contributed by atoms with E-state index in [4.69, 9.17) is 5.73 Å². The minimum Gasteiger partial charge on any atom is -0.492 e. The van der Waals surface area contributed by atoms with Gasteiger partial charge in [0.1, 0.15) is 5.82 Å². The van der Waals surface area contributed by atoms with Crippen molar-refractivity contribution in [1.82, 2.24) is 19.5 Å². The predicted octanol–water partition coefficient (Wildman–Crippen LogP) is 2.15. The zero-order valence-corrected chi connectivity index (χ0v) is 15.4. The molecule has 1 saturated heterocycles. The van der Waals surface area contributed by atoms with Crippen LogP contribution in [0.15, 0.2) is 17.5 Å². The summed E-state index contributed by atoms with van der Waals surface area (Å²) in [5, 5.41) is 17.0. The summed E-state index contributed by atoms with van der Waals surface area (Å²) in [5.41, 5.74) is 5.46. The van der Waals surface area contributed by atoms with Crippen LogP contribution in [0.5, 0.6) is 5.88 Å². The lowest BCUT2D eigenvalue weighted by atomic mass is 9.94. The first-order valence-corrected chi connectivity index (χ1v) is 9.86. The quantitative estimate of drug-likeness (QED) is 0.726. The standard InChI is InChI=1S/C16H19N5O2S2/c1-9-18-16-21(19-9)15(23)13(25-16)12(11-3-2-8-24-11)20-6-4-10(5-7-20)14(17)22/h2-3,8,10,12,23H,4-7H2,1H3,(H2,17,22)/t12-/m0/s1. The molecule has 0 unspecified atom stereocenters. The lowest BCUT2D eigenvalue weighted by Gasteiger charge is -2.35. The molecule has 3 aromatic rings. The molecule has 1 aliphatic heterocycles. The van der Waals surface area contributed by atoms with E-state index in [2.05, 4.69) is 21.0 Å². The van der Waals surface area contributed by atoms with Gasteiger partial charge in [0.05, 0.1) is 10.9 Å². The van der Waals surface area contributed by atoms with Gasteiger partial charge in [-0.25, -0.2) is 4.98 Å². The first-order chi connectivity index (χ1) is 12.0. The Morgan fingerprint density at radius 2 is 2.20 bits per heavy atom. The number of aromatic nitrogens is 3. The Kier molecular flexibility index (Phi) is 4.22. The smallest absolute Gasteiger partial charge is 0.230 e. The van der Waals surface area contributed by atoms with E-state index in [1.807, 2.05) is 18.4 Å². The van der Waals surface area contributed by atoms with Crippen LogP contribution in [0.25, 0.3) is 4.96 Å². The molecule has 0 radical (unpaired) electrons. The maximum absolute atomic E-state index is 11.4. The molecule has 0 aliphatic carbocycles. The number of thiazole rings is 1. The van der Waals surface area contributed by atoms with E-state index in [0.717, 1.165) is 35.7 Å². The van der Waals surface area contributed by atoms with Gasteiger partial charge in [0.2, 0.25) is 16.7 Å². The Balaban J connectivity index is 1.70. The Labute approximate surface area is 152 Å². The summed E-state index contributed by atoms with van der Waals surface area (Å²) in [6.07, 6.45) is 1.50. The van der Waals surface area contributed by atoms with Crippen LogP contribution in [0.1, 0.15) is 34.5 Å². The first kappa shape index (κ1) is 16.5. The summed E-state index contributed by atoms with van der Waals surface area (Å²) in [5.74, 6) is 0.516. The summed E-state index contributed by atoms with van der Waals surface area (Å²) in [4.78, 5) is 20.8. The second kappa shape index (κ2) is 6.40. The molecule has 4 heterocycles. The topological polar surface area (TPSA) is 96.8 Å². The van der Waals surface area contributed by atoms with Gasteiger partial charge in [-0.3, -0.25) is 9.69 Å². The number of rotatable bonds is 4. The van der Waals surface area contributed by atoms with Crippen molar-refractivity contribution in [2.24, 2.45) is 11.7 Å². The third kappa shape index (κ3) is 2.92. The number of amides is 1. The number of nitrogens with zero attached hydrogens (tertiary/aromatic N) is 4. The SMILES string of the molecule is Cc1nc2sc([C@H](c3cccs3)N3CCC(C(N)=O)CC3)c(O)n2n1. The molecule has 1 atom stereocenters. The first-order valence-electron chi connectivity index (χ1n) is 8.16. The highest BCUT2D eigenvalue weighted by atomic mass is 32.1. The number of thiophene rings is 1. The fraction of sp³-hybridized carbons (Fsp3) is 0.438. The fourth-order valence-electron chi connectivity index (χ4n) is 3.39. The average molecular weight is 377 g/mol. The van der Waals surface area contributed by atoms with Crippen LogP contribution in [-0.4, -0.2) is 43.6 Å². The molecule has 25 heavy (non-hydrogen) atoms. The van der Waals surface area contributed by atoms with E-state index in [-0.39, 0.29) is 23.7 Å². The lowest BCUT2D eigenvalue weighted by molar-refractivity contribution is -0.123. The number of piperidine rings is 1. The number of aryl methyl sites for hydroxylation is 1. The third-order valence-electron chi connectivity index (χ3n) is 4.66. The van der Waals surface area contributed by atoms with Crippen molar-refractivity contribution >= 4 is 33.5 Å². The maximum Gasteiger partial charge on any atom is 0.230 e. The molecule has 0 aromatic carbocycles. The van der Waals surface area contributed by atoms with Crippen LogP contribution >= 0.6 is 22.7 Å². The molecule has 0 saturated carbocycles. The highest BCUT2D eigenvalue weighted by Gasteiger charge is 2.33. The van der Waals surface area contributed by atoms with Crippen LogP contribution in [-0.2, 0) is 4.79 Å². The molecule has 3 N–H and O–H groups in total. The van der Waals surface area contributed by atoms with E-state index in [1.165, 1.54) is 15.9 Å². The van der Waals surface area contributed by atoms with Crippen molar-refractivity contribution in [3.05, 3.63) is 33.1 Å². The minimum absolute atomic E-state index is 0.0531. The Morgan fingerprint density at radius 3 is 2.80 bits per heavy atom. The average Bonchev–Trinajstić information content (AvgIpc) is 3.29. The van der Waals surface area contributed by atoms with Gasteiger partial charge < -0.3 is 10.8 Å². The van der Waals surface area contributed by atoms with E-state index in [9.17, 15) is 9.90 Å². The van der Waals surface area contributed by atoms with Gasteiger partial charge in [-0.1, -0.05) is 17.4 Å². The molecular weight excluding hydrogens is 358 g/mol. The number of carbonyl (C=O) groups is 1. The van der Waals surface area contributed by atoms with Crippen molar-refractivity contribution in [2.45, 2.75) is 25.8 Å². The fourth-order valence-corrected chi connectivity index (χ4v) is 5.49. The van der Waals surface area contributed by atoms with Gasteiger partial charge in [0.15, 0.2) is 0 Å². The number of carbonyl (C=O) groups excluding carboxylic acids is 1. The summed E-state index contributed by atoms with van der Waals surface area (Å²) in [6, 6.07) is 4.04. The highest BCUT2D eigenvalue weighted by Crippen LogP contribution is 2.42. The number of aromatic hydroxyl groups is 1. The minimum atomic E-state index is -0.218. The van der Waals surface area contributed by atoms with Crippen molar-refractivity contribution in [2.75, 3.05) is 13.1 Å². The second-order valence-corrected chi connectivity index (χ2v) is 8.26. The van der Waals surface area contributed by atoms with Gasteiger partial charge in [-0.15, -0.1) is 16.4 Å². The van der Waals surface area contributed by atoms with Gasteiger partial charge in [-0.05, 0) is 44.3 Å². The van der Waals surface area contributed by atoms with Crippen LogP contribution < -0.4 is 5.73 Å². The molecule has 9 heteroatoms. The van der Waals surface area contributed by atoms with Crippen molar-refractivity contribution in [3.63, 3.8) is 0 Å². The van der Waals surface area contributed by atoms with Crippen LogP contribution in [0, 0.1) is 12.8 Å². The number of hydrogen-bond donors (Lipinski definition) is 2. The largest absolute Gasteiger partial charge is 0.492 e. The Morgan fingerprint density at radius 1 is 1.44 bits per heavy atom. The lowest BCUT2D eigenvalue weighted by Crippen LogP contribution is -2.40. The zero-order chi connectivity index (χ0) is 17.6. The number of fused-ring (bicyclic) bond motifs is 1. The third-order valence-corrected chi connectivity index (χ3v) is 6.66. The molecule has 1 fully saturated rings. The normalized spacial score (nSPS) is 18.0. The van der Waals surface area contributed by atoms with E-state index in [0.29, 0.717) is 10.8 Å². The summed E-state index contributed by atoms with van der Waals surface area (Å²) in [6.45, 7) is 3.34. The van der Waals surface area contributed by atoms with Gasteiger partial charge >= 0.3 is 0 Å². The van der Waals surface area contributed by atoms with Crippen LogP contribution in [0.4, 0.5) is 0 Å². The van der Waals surface area contributed by atoms with Gasteiger partial charge in [-0.2, -0.15) is 4.52 Å². The molecule has 0 bridgehead atoms. The molecule has 3 aromatic heterocycles. The number of primary amides is 1. The van der Waals surface area contributed by atoms with Crippen molar-refractivity contribution in [3.8, 4) is 5.88 Å². The molecular formula is C16H19N5O2S2. The van der Waals surface area contributed by atoms with Crippen molar-refractivity contribution < 1.29 is 9.90 Å². The molecule has 4 rings (SSSR count). The number of nitrogens with two attached hydrogens (primary N) is 1. The predicted molar refractivity (Wildman–Crippen MR) is 96.9 cm³/mol. The van der Waals surface area contributed by atoms with Crippen LogP contribution in [0.3, 0.4) is 0 Å². The summed E-state index contributed by atoms with van der Waals surface area (Å²) >= 11 is 3.13.